The first-order valence-corrected chi connectivity index (χ1v) is 20.1. The molecule has 2 aliphatic rings. The fourth-order valence-corrected chi connectivity index (χ4v) is 8.03. The average molecular weight is 791 g/mol. The monoisotopic (exact) mass is 790 g/mol. The highest BCUT2D eigenvalue weighted by atomic mass is 32.2. The zero-order valence-electron chi connectivity index (χ0n) is 29.1. The Hall–Kier alpha value is -4.88. The minimum absolute atomic E-state index is 0.0117. The first kappa shape index (κ1) is 40.3. The highest BCUT2D eigenvalue weighted by Crippen LogP contribution is 2.35. The van der Waals surface area contributed by atoms with Crippen LogP contribution in [0.5, 0.6) is 11.6 Å². The molecule has 5 rings (SSSR count). The maximum atomic E-state index is 14.9. The summed E-state index contributed by atoms with van der Waals surface area (Å²) in [6.45, 7) is 0.328. The molecule has 0 saturated carbocycles. The highest BCUT2D eigenvalue weighted by Gasteiger charge is 2.38. The van der Waals surface area contributed by atoms with Crippen molar-refractivity contribution in [3.63, 3.8) is 0 Å². The standard InChI is InChI=1S/C35H40F2N6O9S2/c36-22-6-7-23-24-16-29(40-18-25(24)37)41-30-13-21(14-32(42-30)52-11-4-10-51-27(23)15-22)20-54(49,50)12-8-39-31(44)5-2-1-3-9-43-33(45)17-28(34(43)46)53-19-26(38)35(47)48/h6-7,13-16,18,26,28H,1-5,8-12,17,19-20,38H2,(H,39,44)(H,47,48)(H,40,41,42)/t26-,28?/m0/s1. The molecular formula is C35H40F2N6O9S2. The molecule has 4 heterocycles. The Bertz CT molecular complexity index is 1990. The number of anilines is 2. The lowest BCUT2D eigenvalue weighted by atomic mass is 10.0. The van der Waals surface area contributed by atoms with E-state index in [4.69, 9.17) is 20.3 Å². The number of sulfone groups is 1. The van der Waals surface area contributed by atoms with Crippen LogP contribution in [0.4, 0.5) is 20.4 Å². The number of halogens is 2. The van der Waals surface area contributed by atoms with Crippen LogP contribution in [0.15, 0.2) is 42.6 Å². The molecule has 19 heteroatoms. The number of hydrogen-bond donors (Lipinski definition) is 4. The number of thioether (sulfide) groups is 1. The molecule has 1 unspecified atom stereocenters. The predicted octanol–water partition coefficient (Wildman–Crippen LogP) is 3.19. The number of nitrogens with one attached hydrogen (secondary N) is 2. The number of fused-ring (bicyclic) bond motifs is 6. The molecule has 4 bridgehead atoms. The molecule has 2 aliphatic heterocycles. The minimum atomic E-state index is -3.72. The average Bonchev–Trinajstić information content (AvgIpc) is 3.38. The number of ether oxygens (including phenoxy) is 2. The summed E-state index contributed by atoms with van der Waals surface area (Å²) in [5, 5.41) is 13.8. The Morgan fingerprint density at radius 2 is 1.87 bits per heavy atom. The first-order valence-electron chi connectivity index (χ1n) is 17.2. The number of carbonyl (C=O) groups excluding carboxylic acids is 3. The van der Waals surface area contributed by atoms with Gasteiger partial charge in [0.15, 0.2) is 9.84 Å². The van der Waals surface area contributed by atoms with Crippen molar-refractivity contribution in [2.45, 2.75) is 55.6 Å². The van der Waals surface area contributed by atoms with Crippen LogP contribution in [0.25, 0.3) is 11.1 Å². The molecule has 15 nitrogen and oxygen atoms in total. The van der Waals surface area contributed by atoms with Crippen molar-refractivity contribution in [2.24, 2.45) is 5.73 Å². The Morgan fingerprint density at radius 3 is 2.67 bits per heavy atom. The van der Waals surface area contributed by atoms with Gasteiger partial charge in [0.2, 0.25) is 23.6 Å². The van der Waals surface area contributed by atoms with Crippen LogP contribution < -0.4 is 25.8 Å². The number of nitrogens with zero attached hydrogens (tertiary/aromatic N) is 3. The number of carboxylic acids is 1. The number of imide groups is 1. The second-order valence-corrected chi connectivity index (χ2v) is 16.1. The van der Waals surface area contributed by atoms with Gasteiger partial charge in [0, 0.05) is 61.4 Å². The van der Waals surface area contributed by atoms with E-state index in [0.717, 1.165) is 22.9 Å². The lowest BCUT2D eigenvalue weighted by Gasteiger charge is -2.16. The van der Waals surface area contributed by atoms with Gasteiger partial charge in [-0.05, 0) is 42.7 Å². The topological polar surface area (TPSA) is 220 Å². The van der Waals surface area contributed by atoms with Gasteiger partial charge in [0.05, 0.1) is 36.2 Å². The number of likely N-dealkylation sites (tertiary alicyclic amines) is 1. The second-order valence-electron chi connectivity index (χ2n) is 12.7. The number of nitrogens with two attached hydrogens (primary N) is 1. The number of carboxylic acid groups (broad SMARTS) is 1. The molecule has 2 aromatic heterocycles. The number of pyridine rings is 2. The third-order valence-corrected chi connectivity index (χ3v) is 11.3. The maximum Gasteiger partial charge on any atom is 0.321 e. The van der Waals surface area contributed by atoms with Crippen molar-refractivity contribution in [3.8, 4) is 22.8 Å². The lowest BCUT2D eigenvalue weighted by Crippen LogP contribution is -2.35. The molecule has 0 spiro atoms. The van der Waals surface area contributed by atoms with Crippen molar-refractivity contribution >= 4 is 56.9 Å². The molecule has 3 amide bonds. The lowest BCUT2D eigenvalue weighted by molar-refractivity contribution is -0.139. The summed E-state index contributed by atoms with van der Waals surface area (Å²) >= 11 is 1.05. The highest BCUT2D eigenvalue weighted by molar-refractivity contribution is 8.00. The fraction of sp³-hybridized carbons (Fsp3) is 0.429. The third-order valence-electron chi connectivity index (χ3n) is 8.41. The Labute approximate surface area is 314 Å². The number of rotatable bonds is 15. The smallest absolute Gasteiger partial charge is 0.321 e. The summed E-state index contributed by atoms with van der Waals surface area (Å²) in [5.41, 5.74) is 6.26. The van der Waals surface area contributed by atoms with Crippen molar-refractivity contribution < 1.29 is 51.0 Å². The third kappa shape index (κ3) is 11.3. The largest absolute Gasteiger partial charge is 0.493 e. The molecule has 3 aromatic rings. The zero-order valence-corrected chi connectivity index (χ0v) is 30.7. The number of aromatic nitrogens is 2. The van der Waals surface area contributed by atoms with Gasteiger partial charge in [0.1, 0.15) is 35.1 Å². The van der Waals surface area contributed by atoms with E-state index >= 15 is 0 Å². The number of benzene rings is 1. The molecule has 0 radical (unpaired) electrons. The summed E-state index contributed by atoms with van der Waals surface area (Å²) in [7, 11) is -3.72. The van der Waals surface area contributed by atoms with Crippen LogP contribution >= 0.6 is 11.8 Å². The van der Waals surface area contributed by atoms with Crippen LogP contribution in [0.2, 0.25) is 0 Å². The summed E-state index contributed by atoms with van der Waals surface area (Å²) in [5.74, 6) is -3.49. The van der Waals surface area contributed by atoms with Crippen molar-refractivity contribution in [3.05, 3.63) is 59.8 Å². The molecule has 0 aliphatic carbocycles. The Morgan fingerprint density at radius 1 is 1.07 bits per heavy atom. The van der Waals surface area contributed by atoms with Gasteiger partial charge in [-0.1, -0.05) is 6.42 Å². The van der Waals surface area contributed by atoms with E-state index in [0.29, 0.717) is 36.8 Å². The maximum absolute atomic E-state index is 14.9. The Balaban J connectivity index is 1.09. The van der Waals surface area contributed by atoms with E-state index < -0.39 is 38.7 Å². The summed E-state index contributed by atoms with van der Waals surface area (Å²) < 4.78 is 66.6. The van der Waals surface area contributed by atoms with E-state index in [9.17, 15) is 36.4 Å². The number of carbonyl (C=O) groups is 4. The molecule has 1 fully saturated rings. The molecule has 54 heavy (non-hydrogen) atoms. The molecule has 290 valence electrons. The van der Waals surface area contributed by atoms with Gasteiger partial charge in [-0.25, -0.2) is 22.2 Å². The van der Waals surface area contributed by atoms with Crippen molar-refractivity contribution in [1.82, 2.24) is 20.2 Å². The van der Waals surface area contributed by atoms with Gasteiger partial charge in [0.25, 0.3) is 0 Å². The van der Waals surface area contributed by atoms with Crippen LogP contribution in [-0.4, -0.2) is 101 Å². The quantitative estimate of drug-likeness (QED) is 0.128. The van der Waals surface area contributed by atoms with E-state index in [-0.39, 0.29) is 103 Å². The van der Waals surface area contributed by atoms with Crippen molar-refractivity contribution in [2.75, 3.05) is 43.1 Å². The number of unbranched alkanes of at least 4 members (excludes halogenated alkanes) is 2. The van der Waals surface area contributed by atoms with Gasteiger partial charge in [-0.2, -0.15) is 4.98 Å². The van der Waals surface area contributed by atoms with Crippen LogP contribution in [0, 0.1) is 11.6 Å². The summed E-state index contributed by atoms with van der Waals surface area (Å²) in [6.07, 6.45) is 2.94. The number of amides is 3. The van der Waals surface area contributed by atoms with Crippen LogP contribution in [0.3, 0.4) is 0 Å². The number of hydrogen-bond acceptors (Lipinski definition) is 13. The molecule has 1 aromatic carbocycles. The van der Waals surface area contributed by atoms with Crippen LogP contribution in [0.1, 0.15) is 44.1 Å². The van der Waals surface area contributed by atoms with E-state index in [1.54, 1.807) is 0 Å². The summed E-state index contributed by atoms with van der Waals surface area (Å²) in [6, 6.07) is 7.05. The normalized spacial score (nSPS) is 16.4. The predicted molar refractivity (Wildman–Crippen MR) is 195 cm³/mol. The minimum Gasteiger partial charge on any atom is -0.493 e. The molecule has 5 N–H and O–H groups in total. The van der Waals surface area contributed by atoms with Gasteiger partial charge in [-0.15, -0.1) is 11.8 Å². The van der Waals surface area contributed by atoms with E-state index in [1.165, 1.54) is 36.4 Å². The van der Waals surface area contributed by atoms with Gasteiger partial charge in [-0.3, -0.25) is 24.1 Å². The second kappa shape index (κ2) is 18.4. The molecular weight excluding hydrogens is 751 g/mol. The van der Waals surface area contributed by atoms with Crippen LogP contribution in [-0.2, 0) is 34.8 Å². The first-order chi connectivity index (χ1) is 25.8. The van der Waals surface area contributed by atoms with Crippen molar-refractivity contribution in [1.29, 1.82) is 0 Å². The van der Waals surface area contributed by atoms with E-state index in [1.807, 2.05) is 0 Å². The van der Waals surface area contributed by atoms with Gasteiger partial charge >= 0.3 is 5.97 Å². The molecule has 2 atom stereocenters. The SMILES string of the molecule is N[C@@H](CSC1CC(=O)N(CCCCCC(=O)NCCS(=O)(=O)Cc2cc3nc(c2)OCCCOc2cc(F)ccc2-c2cc(ncc2F)N3)C1=O)C(=O)O. The molecule has 1 saturated heterocycles. The number of aliphatic carboxylic acids is 1. The Kier molecular flexibility index (Phi) is 13.8. The van der Waals surface area contributed by atoms with Gasteiger partial charge < -0.3 is 30.9 Å². The van der Waals surface area contributed by atoms with E-state index in [2.05, 4.69) is 20.6 Å². The zero-order chi connectivity index (χ0) is 38.8. The fourth-order valence-electron chi connectivity index (χ4n) is 5.68. The summed E-state index contributed by atoms with van der Waals surface area (Å²) in [4.78, 5) is 57.8.